The molecule has 0 fully saturated rings. The fourth-order valence-corrected chi connectivity index (χ4v) is 3.63. The van der Waals surface area contributed by atoms with E-state index >= 15 is 0 Å². The van der Waals surface area contributed by atoms with Crippen LogP contribution in [0.1, 0.15) is 24.0 Å². The maximum absolute atomic E-state index is 13.7. The minimum atomic E-state index is -4.74. The highest BCUT2D eigenvalue weighted by Gasteiger charge is 2.35. The Morgan fingerprint density at radius 1 is 1.28 bits per heavy atom. The average Bonchev–Trinajstić information content (AvgIpc) is 2.63. The molecular formula is C17H17F3N4O4S. The number of alkyl halides is 3. The van der Waals surface area contributed by atoms with E-state index in [1.54, 1.807) is 10.9 Å². The van der Waals surface area contributed by atoms with Crippen molar-refractivity contribution in [1.29, 1.82) is 0 Å². The molecule has 156 valence electrons. The van der Waals surface area contributed by atoms with E-state index in [4.69, 9.17) is 5.73 Å². The van der Waals surface area contributed by atoms with Gasteiger partial charge in [0, 0.05) is 6.54 Å². The van der Waals surface area contributed by atoms with Crippen molar-refractivity contribution >= 4 is 26.5 Å². The van der Waals surface area contributed by atoms with Gasteiger partial charge in [-0.05, 0) is 41.7 Å². The number of fused-ring (bicyclic) bond motifs is 1. The van der Waals surface area contributed by atoms with Crippen LogP contribution in [0.2, 0.25) is 0 Å². The third kappa shape index (κ3) is 4.27. The molecule has 29 heavy (non-hydrogen) atoms. The summed E-state index contributed by atoms with van der Waals surface area (Å²) in [6.45, 7) is 0.150. The molecule has 1 aromatic heterocycles. The lowest BCUT2D eigenvalue weighted by Crippen LogP contribution is -2.43. The van der Waals surface area contributed by atoms with Gasteiger partial charge in [0.2, 0.25) is 10.0 Å². The van der Waals surface area contributed by atoms with Crippen LogP contribution >= 0.6 is 0 Å². The summed E-state index contributed by atoms with van der Waals surface area (Å²) in [7, 11) is -3.98. The van der Waals surface area contributed by atoms with Gasteiger partial charge in [-0.1, -0.05) is 12.2 Å². The number of hydrogen-bond donors (Lipinski definition) is 3. The van der Waals surface area contributed by atoms with Crippen LogP contribution in [0.25, 0.3) is 16.5 Å². The summed E-state index contributed by atoms with van der Waals surface area (Å²) in [5, 5.41) is -0.270. The molecule has 3 rings (SSSR count). The Morgan fingerprint density at radius 2 is 1.97 bits per heavy atom. The van der Waals surface area contributed by atoms with Crippen molar-refractivity contribution in [2.75, 3.05) is 17.6 Å². The molecule has 1 heterocycles. The lowest BCUT2D eigenvalue weighted by atomic mass is 9.89. The molecule has 8 nitrogen and oxygen atoms in total. The van der Waals surface area contributed by atoms with E-state index in [1.165, 1.54) is 0 Å². The summed E-state index contributed by atoms with van der Waals surface area (Å²) in [6, 6.07) is 1.70. The Labute approximate surface area is 162 Å². The van der Waals surface area contributed by atoms with Crippen LogP contribution < -0.4 is 21.8 Å². The molecule has 0 radical (unpaired) electrons. The number of benzene rings is 1. The lowest BCUT2D eigenvalue weighted by Gasteiger charge is -2.19. The summed E-state index contributed by atoms with van der Waals surface area (Å²) in [5.74, 6) is 0. The topological polar surface area (TPSA) is 127 Å². The number of nitrogens with zero attached hydrogens (tertiary/aromatic N) is 1. The van der Waals surface area contributed by atoms with Gasteiger partial charge in [0.25, 0.3) is 5.56 Å². The van der Waals surface area contributed by atoms with Crippen LogP contribution in [0.5, 0.6) is 0 Å². The zero-order valence-corrected chi connectivity index (χ0v) is 15.9. The minimum absolute atomic E-state index is 0.150. The van der Waals surface area contributed by atoms with E-state index in [1.807, 2.05) is 6.08 Å². The molecule has 0 spiro atoms. The number of nitrogens with two attached hydrogens (primary N) is 1. The Hall–Kier alpha value is -2.86. The van der Waals surface area contributed by atoms with Crippen LogP contribution in [0.3, 0.4) is 0 Å². The molecule has 0 aliphatic heterocycles. The molecule has 0 amide bonds. The zero-order chi connectivity index (χ0) is 21.6. The number of nitrogens with one attached hydrogen (secondary N) is 2. The molecule has 1 aromatic carbocycles. The second-order valence-electron chi connectivity index (χ2n) is 6.57. The first-order valence-corrected chi connectivity index (χ1v) is 10.3. The predicted molar refractivity (Wildman–Crippen MR) is 102 cm³/mol. The number of halogens is 3. The maximum atomic E-state index is 13.7. The largest absolute Gasteiger partial charge is 0.417 e. The SMILES string of the molecule is CS(=O)(=O)Nn1c(=O)[nH]c2cc(C(F)(F)F)c(C3=CC(CN)=CCC3)cc2c1=O. The van der Waals surface area contributed by atoms with Crippen LogP contribution in [-0.2, 0) is 16.2 Å². The van der Waals surface area contributed by atoms with Gasteiger partial charge in [0.05, 0.1) is 22.7 Å². The third-order valence-corrected chi connectivity index (χ3v) is 4.87. The first kappa shape index (κ1) is 20.9. The van der Waals surface area contributed by atoms with E-state index in [9.17, 15) is 31.2 Å². The van der Waals surface area contributed by atoms with Gasteiger partial charge in [-0.2, -0.15) is 17.8 Å². The first-order valence-electron chi connectivity index (χ1n) is 8.39. The van der Waals surface area contributed by atoms with Gasteiger partial charge in [-0.25, -0.2) is 18.0 Å². The zero-order valence-electron chi connectivity index (χ0n) is 15.1. The van der Waals surface area contributed by atoms with Gasteiger partial charge in [0.15, 0.2) is 0 Å². The van der Waals surface area contributed by atoms with Gasteiger partial charge in [-0.15, -0.1) is 0 Å². The van der Waals surface area contributed by atoms with E-state index < -0.39 is 33.0 Å². The Balaban J connectivity index is 2.35. The summed E-state index contributed by atoms with van der Waals surface area (Å²) < 4.78 is 64.1. The molecule has 0 saturated heterocycles. The number of hydrogen-bond acceptors (Lipinski definition) is 5. The Morgan fingerprint density at radius 3 is 2.55 bits per heavy atom. The second-order valence-corrected chi connectivity index (χ2v) is 8.29. The Bertz CT molecular complexity index is 1270. The van der Waals surface area contributed by atoms with Crippen LogP contribution in [-0.4, -0.2) is 30.9 Å². The molecule has 1 aliphatic rings. The average molecular weight is 430 g/mol. The van der Waals surface area contributed by atoms with Crippen LogP contribution in [0.4, 0.5) is 13.2 Å². The molecule has 0 atom stereocenters. The van der Waals surface area contributed by atoms with Crippen molar-refractivity contribution in [2.45, 2.75) is 19.0 Å². The highest BCUT2D eigenvalue weighted by molar-refractivity contribution is 7.91. The van der Waals surface area contributed by atoms with Crippen molar-refractivity contribution in [1.82, 2.24) is 9.66 Å². The fraction of sp³-hybridized carbons (Fsp3) is 0.294. The number of aromatic amines is 1. The van der Waals surface area contributed by atoms with Crippen molar-refractivity contribution in [3.8, 4) is 0 Å². The smallest absolute Gasteiger partial charge is 0.327 e. The molecular weight excluding hydrogens is 413 g/mol. The van der Waals surface area contributed by atoms with E-state index in [2.05, 4.69) is 4.98 Å². The summed E-state index contributed by atoms with van der Waals surface area (Å²) >= 11 is 0. The minimum Gasteiger partial charge on any atom is -0.327 e. The molecule has 2 aromatic rings. The van der Waals surface area contributed by atoms with Crippen molar-refractivity contribution < 1.29 is 21.6 Å². The van der Waals surface area contributed by atoms with Crippen molar-refractivity contribution in [3.63, 3.8) is 0 Å². The van der Waals surface area contributed by atoms with Gasteiger partial charge in [0.1, 0.15) is 0 Å². The fourth-order valence-electron chi connectivity index (χ4n) is 3.14. The molecule has 0 bridgehead atoms. The highest BCUT2D eigenvalue weighted by atomic mass is 32.2. The number of allylic oxidation sites excluding steroid dienone is 2. The number of rotatable bonds is 4. The number of aromatic nitrogens is 2. The summed E-state index contributed by atoms with van der Waals surface area (Å²) in [5.41, 5.74) is 2.70. The summed E-state index contributed by atoms with van der Waals surface area (Å²) in [6.07, 6.45) is 0.132. The first-order chi connectivity index (χ1) is 13.4. The van der Waals surface area contributed by atoms with Gasteiger partial charge in [-0.3, -0.25) is 4.79 Å². The third-order valence-electron chi connectivity index (χ3n) is 4.36. The molecule has 0 unspecified atom stereocenters. The van der Waals surface area contributed by atoms with Crippen LogP contribution in [0.15, 0.2) is 39.4 Å². The summed E-state index contributed by atoms with van der Waals surface area (Å²) in [4.78, 5) is 28.5. The Kier molecular flexibility index (Phi) is 5.17. The normalized spacial score (nSPS) is 15.2. The standard InChI is InChI=1S/C17H17F3N4O4S/c1-29(27,28)23-24-15(25)12-6-11(10-4-2-3-9(5-10)8-21)13(17(18,19)20)7-14(12)22-16(24)26/h3,5-7,23H,2,4,8,21H2,1H3,(H,22,26). The lowest BCUT2D eigenvalue weighted by molar-refractivity contribution is -0.137. The van der Waals surface area contributed by atoms with Gasteiger partial charge >= 0.3 is 11.9 Å². The van der Waals surface area contributed by atoms with E-state index in [0.29, 0.717) is 30.1 Å². The number of sulfonamides is 1. The predicted octanol–water partition coefficient (Wildman–Crippen LogP) is 1.27. The van der Waals surface area contributed by atoms with Crippen molar-refractivity contribution in [2.24, 2.45) is 5.73 Å². The molecule has 12 heteroatoms. The molecule has 1 aliphatic carbocycles. The highest BCUT2D eigenvalue weighted by Crippen LogP contribution is 2.39. The number of H-pyrrole nitrogens is 1. The molecule has 4 N–H and O–H groups in total. The monoisotopic (exact) mass is 430 g/mol. The maximum Gasteiger partial charge on any atom is 0.417 e. The second kappa shape index (κ2) is 7.19. The van der Waals surface area contributed by atoms with Crippen molar-refractivity contribution in [3.05, 3.63) is 61.8 Å². The quantitative estimate of drug-likeness (QED) is 0.673. The van der Waals surface area contributed by atoms with E-state index in [0.717, 1.165) is 12.3 Å². The van der Waals surface area contributed by atoms with E-state index in [-0.39, 0.29) is 27.7 Å². The molecule has 0 saturated carbocycles. The van der Waals surface area contributed by atoms with Gasteiger partial charge < -0.3 is 10.7 Å². The van der Waals surface area contributed by atoms with Crippen LogP contribution in [0, 0.1) is 0 Å².